The van der Waals surface area contributed by atoms with Crippen LogP contribution in [-0.2, 0) is 11.2 Å². The molecule has 2 aromatic carbocycles. The first-order valence-electron chi connectivity index (χ1n) is 8.50. The quantitative estimate of drug-likeness (QED) is 0.704. The van der Waals surface area contributed by atoms with Crippen LogP contribution in [0.5, 0.6) is 11.5 Å². The van der Waals surface area contributed by atoms with Crippen molar-refractivity contribution in [1.29, 1.82) is 0 Å². The molecule has 0 aliphatic carbocycles. The van der Waals surface area contributed by atoms with Crippen LogP contribution in [0.1, 0.15) is 25.8 Å². The van der Waals surface area contributed by atoms with Crippen molar-refractivity contribution < 1.29 is 18.7 Å². The molecule has 1 N–H and O–H groups in total. The topological polar surface area (TPSA) is 47.6 Å². The van der Waals surface area contributed by atoms with Crippen molar-refractivity contribution in [3.63, 3.8) is 0 Å². The van der Waals surface area contributed by atoms with E-state index in [2.05, 4.69) is 24.4 Å². The lowest BCUT2D eigenvalue weighted by Gasteiger charge is -2.15. The van der Waals surface area contributed by atoms with Gasteiger partial charge >= 0.3 is 0 Å². The van der Waals surface area contributed by atoms with E-state index in [1.54, 1.807) is 6.92 Å². The fourth-order valence-corrected chi connectivity index (χ4v) is 2.30. The second-order valence-corrected chi connectivity index (χ2v) is 5.75. The zero-order valence-corrected chi connectivity index (χ0v) is 14.6. The predicted octanol–water partition coefficient (Wildman–Crippen LogP) is 3.74. The van der Waals surface area contributed by atoms with Gasteiger partial charge in [0.1, 0.15) is 23.9 Å². The Morgan fingerprint density at radius 1 is 1.08 bits per heavy atom. The van der Waals surface area contributed by atoms with Crippen molar-refractivity contribution in [2.75, 3.05) is 13.2 Å². The van der Waals surface area contributed by atoms with E-state index >= 15 is 0 Å². The molecule has 2 aromatic rings. The second-order valence-electron chi connectivity index (χ2n) is 5.75. The van der Waals surface area contributed by atoms with Crippen LogP contribution in [0.3, 0.4) is 0 Å². The Morgan fingerprint density at radius 2 is 1.72 bits per heavy atom. The number of ether oxygens (including phenoxy) is 2. The van der Waals surface area contributed by atoms with Gasteiger partial charge in [0, 0.05) is 0 Å². The van der Waals surface area contributed by atoms with Crippen LogP contribution in [0, 0.1) is 5.82 Å². The van der Waals surface area contributed by atoms with Crippen molar-refractivity contribution >= 4 is 5.91 Å². The normalized spacial score (nSPS) is 11.6. The highest BCUT2D eigenvalue weighted by Crippen LogP contribution is 2.14. The lowest BCUT2D eigenvalue weighted by Crippen LogP contribution is -2.38. The Bertz CT molecular complexity index is 656. The number of hydrogen-bond donors (Lipinski definition) is 1. The standard InChI is InChI=1S/C20H24FNO3/c1-3-4-16-5-9-18(10-6-16)24-14-13-22-20(23)15(2)25-19-11-7-17(21)8-12-19/h5-12,15H,3-4,13-14H2,1-2H3,(H,22,23)/t15-/m1/s1. The summed E-state index contributed by atoms with van der Waals surface area (Å²) in [5.74, 6) is 0.646. The average molecular weight is 345 g/mol. The molecule has 4 nitrogen and oxygen atoms in total. The van der Waals surface area contributed by atoms with Gasteiger partial charge in [-0.1, -0.05) is 25.5 Å². The number of carbonyl (C=O) groups excluding carboxylic acids is 1. The number of rotatable bonds is 9. The summed E-state index contributed by atoms with van der Waals surface area (Å²) >= 11 is 0. The van der Waals surface area contributed by atoms with E-state index < -0.39 is 6.10 Å². The summed E-state index contributed by atoms with van der Waals surface area (Å²) in [7, 11) is 0. The molecule has 0 spiro atoms. The van der Waals surface area contributed by atoms with Crippen molar-refractivity contribution in [1.82, 2.24) is 5.32 Å². The zero-order valence-electron chi connectivity index (χ0n) is 14.6. The Kier molecular flexibility index (Phi) is 7.26. The predicted molar refractivity (Wildman–Crippen MR) is 95.4 cm³/mol. The van der Waals surface area contributed by atoms with Gasteiger partial charge in [0.2, 0.25) is 0 Å². The maximum absolute atomic E-state index is 12.8. The fraction of sp³-hybridized carbons (Fsp3) is 0.350. The first-order valence-corrected chi connectivity index (χ1v) is 8.50. The van der Waals surface area contributed by atoms with Gasteiger partial charge in [0.25, 0.3) is 5.91 Å². The van der Waals surface area contributed by atoms with Gasteiger partial charge in [-0.3, -0.25) is 4.79 Å². The molecule has 1 amide bonds. The molecule has 0 heterocycles. The minimum Gasteiger partial charge on any atom is -0.492 e. The smallest absolute Gasteiger partial charge is 0.260 e. The minimum atomic E-state index is -0.668. The van der Waals surface area contributed by atoms with Crippen LogP contribution >= 0.6 is 0 Å². The minimum absolute atomic E-state index is 0.244. The van der Waals surface area contributed by atoms with Crippen LogP contribution in [0.2, 0.25) is 0 Å². The number of amides is 1. The number of hydrogen-bond acceptors (Lipinski definition) is 3. The largest absolute Gasteiger partial charge is 0.492 e. The van der Waals surface area contributed by atoms with E-state index in [0.29, 0.717) is 18.9 Å². The van der Waals surface area contributed by atoms with E-state index in [9.17, 15) is 9.18 Å². The van der Waals surface area contributed by atoms with Crippen LogP contribution in [0.4, 0.5) is 4.39 Å². The Balaban J connectivity index is 1.68. The molecule has 0 bridgehead atoms. The summed E-state index contributed by atoms with van der Waals surface area (Å²) in [6.07, 6.45) is 1.51. The molecule has 0 aliphatic heterocycles. The Hall–Kier alpha value is -2.56. The van der Waals surface area contributed by atoms with Crippen molar-refractivity contribution in [3.05, 3.63) is 59.9 Å². The van der Waals surface area contributed by atoms with E-state index in [1.807, 2.05) is 12.1 Å². The van der Waals surface area contributed by atoms with Gasteiger partial charge in [0.05, 0.1) is 6.54 Å². The van der Waals surface area contributed by atoms with E-state index in [0.717, 1.165) is 18.6 Å². The van der Waals surface area contributed by atoms with E-state index in [4.69, 9.17) is 9.47 Å². The SMILES string of the molecule is CCCc1ccc(OCCNC(=O)[C@@H](C)Oc2ccc(F)cc2)cc1. The van der Waals surface area contributed by atoms with E-state index in [1.165, 1.54) is 29.8 Å². The van der Waals surface area contributed by atoms with Gasteiger partial charge in [-0.05, 0) is 55.3 Å². The maximum atomic E-state index is 12.8. The summed E-state index contributed by atoms with van der Waals surface area (Å²) < 4.78 is 23.9. The fourth-order valence-electron chi connectivity index (χ4n) is 2.30. The van der Waals surface area contributed by atoms with Gasteiger partial charge in [-0.2, -0.15) is 0 Å². The lowest BCUT2D eigenvalue weighted by molar-refractivity contribution is -0.127. The van der Waals surface area contributed by atoms with Gasteiger partial charge in [-0.15, -0.1) is 0 Å². The highest BCUT2D eigenvalue weighted by atomic mass is 19.1. The molecule has 0 saturated heterocycles. The Labute approximate surface area is 148 Å². The molecule has 2 rings (SSSR count). The van der Waals surface area contributed by atoms with Crippen LogP contribution in [0.15, 0.2) is 48.5 Å². The highest BCUT2D eigenvalue weighted by Gasteiger charge is 2.14. The molecule has 1 atom stereocenters. The van der Waals surface area contributed by atoms with Crippen molar-refractivity contribution in [2.24, 2.45) is 0 Å². The third-order valence-electron chi connectivity index (χ3n) is 3.63. The van der Waals surface area contributed by atoms with Gasteiger partial charge in [-0.25, -0.2) is 4.39 Å². The molecule has 0 unspecified atom stereocenters. The molecule has 134 valence electrons. The highest BCUT2D eigenvalue weighted by molar-refractivity contribution is 5.80. The lowest BCUT2D eigenvalue weighted by atomic mass is 10.1. The number of carbonyl (C=O) groups is 1. The van der Waals surface area contributed by atoms with Crippen molar-refractivity contribution in [3.8, 4) is 11.5 Å². The summed E-state index contributed by atoms with van der Waals surface area (Å²) in [5, 5.41) is 2.75. The third kappa shape index (κ3) is 6.45. The molecule has 0 fully saturated rings. The number of nitrogens with one attached hydrogen (secondary N) is 1. The maximum Gasteiger partial charge on any atom is 0.260 e. The third-order valence-corrected chi connectivity index (χ3v) is 3.63. The van der Waals surface area contributed by atoms with Gasteiger partial charge in [0.15, 0.2) is 6.10 Å². The van der Waals surface area contributed by atoms with Crippen molar-refractivity contribution in [2.45, 2.75) is 32.8 Å². The van der Waals surface area contributed by atoms with Crippen LogP contribution < -0.4 is 14.8 Å². The van der Waals surface area contributed by atoms with Gasteiger partial charge < -0.3 is 14.8 Å². The summed E-state index contributed by atoms with van der Waals surface area (Å²) in [6.45, 7) is 4.55. The first-order chi connectivity index (χ1) is 12.1. The number of benzene rings is 2. The molecule has 0 aromatic heterocycles. The number of halogens is 1. The molecule has 0 saturated carbocycles. The molecular weight excluding hydrogens is 321 g/mol. The zero-order chi connectivity index (χ0) is 18.1. The molecule has 25 heavy (non-hydrogen) atoms. The van der Waals surface area contributed by atoms with E-state index in [-0.39, 0.29) is 11.7 Å². The number of aryl methyl sites for hydroxylation is 1. The summed E-state index contributed by atoms with van der Waals surface area (Å²) in [6, 6.07) is 13.5. The first kappa shape index (κ1) is 18.8. The summed E-state index contributed by atoms with van der Waals surface area (Å²) in [4.78, 5) is 12.0. The average Bonchev–Trinajstić information content (AvgIpc) is 2.62. The molecule has 0 radical (unpaired) electrons. The Morgan fingerprint density at radius 3 is 2.36 bits per heavy atom. The molecule has 0 aliphatic rings. The van der Waals surface area contributed by atoms with Crippen LogP contribution in [0.25, 0.3) is 0 Å². The molecular formula is C20H24FNO3. The van der Waals surface area contributed by atoms with Crippen LogP contribution in [-0.4, -0.2) is 25.2 Å². The summed E-state index contributed by atoms with van der Waals surface area (Å²) in [5.41, 5.74) is 1.29. The monoisotopic (exact) mass is 345 g/mol. The molecule has 5 heteroatoms. The second kappa shape index (κ2) is 9.67.